The monoisotopic (exact) mass is 303 g/mol. The Balaban J connectivity index is 1.95. The number of para-hydroxylation sites is 1. The summed E-state index contributed by atoms with van der Waals surface area (Å²) in [6.45, 7) is 0.0647. The zero-order valence-corrected chi connectivity index (χ0v) is 11.5. The Morgan fingerprint density at radius 1 is 1.19 bits per heavy atom. The molecule has 0 fully saturated rings. The Kier molecular flexibility index (Phi) is 3.45. The molecule has 0 bridgehead atoms. The van der Waals surface area contributed by atoms with Gasteiger partial charge in [-0.2, -0.15) is 0 Å². The van der Waals surface area contributed by atoms with Gasteiger partial charge in [0.15, 0.2) is 11.5 Å². The fourth-order valence-electron chi connectivity index (χ4n) is 1.97. The van der Waals surface area contributed by atoms with Gasteiger partial charge in [0.1, 0.15) is 18.1 Å². The average Bonchev–Trinajstić information content (AvgIpc) is 2.89. The number of carboxylic acids is 1. The lowest BCUT2D eigenvalue weighted by Crippen LogP contribution is -2.09. The van der Waals surface area contributed by atoms with Gasteiger partial charge < -0.3 is 9.84 Å². The van der Waals surface area contributed by atoms with Crippen LogP contribution in [0.3, 0.4) is 0 Å². The van der Waals surface area contributed by atoms with E-state index in [1.165, 1.54) is 10.5 Å². The number of halogens is 1. The molecule has 2 heterocycles. The number of ether oxygens (including phenoxy) is 1. The highest BCUT2D eigenvalue weighted by molar-refractivity contribution is 6.32. The predicted octanol–water partition coefficient (Wildman–Crippen LogP) is 2.66. The topological polar surface area (TPSA) is 76.7 Å². The van der Waals surface area contributed by atoms with E-state index >= 15 is 0 Å². The van der Waals surface area contributed by atoms with E-state index in [1.807, 2.05) is 0 Å². The van der Waals surface area contributed by atoms with E-state index in [1.54, 1.807) is 36.4 Å². The summed E-state index contributed by atoms with van der Waals surface area (Å²) < 4.78 is 7.02. The fourth-order valence-corrected chi connectivity index (χ4v) is 2.16. The van der Waals surface area contributed by atoms with E-state index in [0.29, 0.717) is 22.2 Å². The molecule has 2 aromatic heterocycles. The van der Waals surface area contributed by atoms with E-state index in [-0.39, 0.29) is 12.3 Å². The number of fused-ring (bicyclic) bond motifs is 1. The lowest BCUT2D eigenvalue weighted by atomic mass is 10.3. The Hall–Kier alpha value is -2.60. The third-order valence-corrected chi connectivity index (χ3v) is 3.22. The minimum Gasteiger partial charge on any atom is -0.484 e. The Labute approximate surface area is 124 Å². The Bertz CT molecular complexity index is 816. The van der Waals surface area contributed by atoms with Crippen molar-refractivity contribution in [3.05, 3.63) is 59.0 Å². The quantitative estimate of drug-likeness (QED) is 0.802. The highest BCUT2D eigenvalue weighted by atomic mass is 35.5. The summed E-state index contributed by atoms with van der Waals surface area (Å²) in [6.07, 6.45) is 0. The normalized spacial score (nSPS) is 10.7. The van der Waals surface area contributed by atoms with Crippen molar-refractivity contribution in [3.8, 4) is 5.75 Å². The zero-order valence-electron chi connectivity index (χ0n) is 10.7. The molecular weight excluding hydrogens is 294 g/mol. The van der Waals surface area contributed by atoms with Crippen molar-refractivity contribution in [3.63, 3.8) is 0 Å². The van der Waals surface area contributed by atoms with Crippen LogP contribution in [0.15, 0.2) is 42.5 Å². The number of aromatic nitrogens is 3. The van der Waals surface area contributed by atoms with Crippen molar-refractivity contribution in [1.82, 2.24) is 14.6 Å². The predicted molar refractivity (Wildman–Crippen MR) is 75.7 cm³/mol. The second kappa shape index (κ2) is 5.41. The van der Waals surface area contributed by atoms with Crippen LogP contribution in [0.2, 0.25) is 5.02 Å². The highest BCUT2D eigenvalue weighted by Gasteiger charge is 2.14. The minimum atomic E-state index is -1.06. The molecule has 0 amide bonds. The molecule has 0 spiro atoms. The fraction of sp³-hybridized carbons (Fsp3) is 0.0714. The van der Waals surface area contributed by atoms with Crippen LogP contribution < -0.4 is 4.74 Å². The SMILES string of the molecule is O=C(O)c1cccc2nnc(COc3ccccc3Cl)n12. The number of nitrogens with zero attached hydrogens (tertiary/aromatic N) is 3. The number of hydrogen-bond acceptors (Lipinski definition) is 4. The molecule has 0 atom stereocenters. The summed E-state index contributed by atoms with van der Waals surface area (Å²) in [5, 5.41) is 17.6. The molecule has 21 heavy (non-hydrogen) atoms. The molecular formula is C14H10ClN3O3. The lowest BCUT2D eigenvalue weighted by molar-refractivity contribution is 0.0688. The number of hydrogen-bond donors (Lipinski definition) is 1. The summed E-state index contributed by atoms with van der Waals surface area (Å²) in [7, 11) is 0. The van der Waals surface area contributed by atoms with Crippen LogP contribution in [0.25, 0.3) is 5.65 Å². The second-order valence-electron chi connectivity index (χ2n) is 4.25. The van der Waals surface area contributed by atoms with Crippen LogP contribution >= 0.6 is 11.6 Å². The summed E-state index contributed by atoms with van der Waals surface area (Å²) in [5.74, 6) is -0.161. The first kappa shape index (κ1) is 13.4. The van der Waals surface area contributed by atoms with Crippen molar-refractivity contribution in [1.29, 1.82) is 0 Å². The molecule has 7 heteroatoms. The van der Waals surface area contributed by atoms with Crippen LogP contribution in [0, 0.1) is 0 Å². The smallest absolute Gasteiger partial charge is 0.352 e. The maximum atomic E-state index is 11.3. The average molecular weight is 304 g/mol. The van der Waals surface area contributed by atoms with Gasteiger partial charge in [0.2, 0.25) is 0 Å². The summed E-state index contributed by atoms with van der Waals surface area (Å²) in [6, 6.07) is 11.8. The number of benzene rings is 1. The van der Waals surface area contributed by atoms with Gasteiger partial charge in [-0.3, -0.25) is 4.40 Å². The van der Waals surface area contributed by atoms with Gasteiger partial charge >= 0.3 is 5.97 Å². The second-order valence-corrected chi connectivity index (χ2v) is 4.65. The number of carbonyl (C=O) groups is 1. The standard InChI is InChI=1S/C14H10ClN3O3/c15-9-4-1-2-6-11(9)21-8-13-17-16-12-7-3-5-10(14(19)20)18(12)13/h1-7H,8H2,(H,19,20). The van der Waals surface area contributed by atoms with Crippen LogP contribution in [0.5, 0.6) is 5.75 Å². The number of aromatic carboxylic acids is 1. The lowest BCUT2D eigenvalue weighted by Gasteiger charge is -2.07. The van der Waals surface area contributed by atoms with E-state index in [9.17, 15) is 9.90 Å². The van der Waals surface area contributed by atoms with Crippen molar-refractivity contribution >= 4 is 23.2 Å². The number of rotatable bonds is 4. The zero-order chi connectivity index (χ0) is 14.8. The summed E-state index contributed by atoms with van der Waals surface area (Å²) in [5.41, 5.74) is 0.530. The molecule has 3 rings (SSSR count). The first-order valence-corrected chi connectivity index (χ1v) is 6.48. The highest BCUT2D eigenvalue weighted by Crippen LogP contribution is 2.24. The molecule has 0 unspecified atom stereocenters. The molecule has 106 valence electrons. The largest absolute Gasteiger partial charge is 0.484 e. The van der Waals surface area contributed by atoms with Gasteiger partial charge in [-0.15, -0.1) is 10.2 Å². The molecule has 0 aliphatic heterocycles. The van der Waals surface area contributed by atoms with Gasteiger partial charge in [0.05, 0.1) is 5.02 Å². The maximum Gasteiger partial charge on any atom is 0.352 e. The van der Waals surface area contributed by atoms with Gasteiger partial charge in [0.25, 0.3) is 0 Å². The maximum absolute atomic E-state index is 11.3. The van der Waals surface area contributed by atoms with Crippen LogP contribution in [0.1, 0.15) is 16.3 Å². The third kappa shape index (κ3) is 2.53. The van der Waals surface area contributed by atoms with Crippen molar-refractivity contribution in [2.75, 3.05) is 0 Å². The molecule has 3 aromatic rings. The van der Waals surface area contributed by atoms with E-state index < -0.39 is 5.97 Å². The Morgan fingerprint density at radius 3 is 2.76 bits per heavy atom. The van der Waals surface area contributed by atoms with Crippen molar-refractivity contribution < 1.29 is 14.6 Å². The molecule has 6 nitrogen and oxygen atoms in total. The van der Waals surface area contributed by atoms with Gasteiger partial charge in [-0.25, -0.2) is 4.79 Å². The molecule has 0 saturated heterocycles. The molecule has 1 aromatic carbocycles. The first-order chi connectivity index (χ1) is 10.2. The minimum absolute atomic E-state index is 0.0647. The summed E-state index contributed by atoms with van der Waals surface area (Å²) in [4.78, 5) is 11.3. The third-order valence-electron chi connectivity index (χ3n) is 2.91. The van der Waals surface area contributed by atoms with Gasteiger partial charge in [0, 0.05) is 0 Å². The first-order valence-electron chi connectivity index (χ1n) is 6.10. The Morgan fingerprint density at radius 2 is 2.00 bits per heavy atom. The summed E-state index contributed by atoms with van der Waals surface area (Å²) >= 11 is 6.00. The van der Waals surface area contributed by atoms with E-state index in [2.05, 4.69) is 10.2 Å². The molecule has 0 aliphatic carbocycles. The molecule has 0 aliphatic rings. The van der Waals surface area contributed by atoms with Crippen LogP contribution in [0.4, 0.5) is 0 Å². The van der Waals surface area contributed by atoms with E-state index in [4.69, 9.17) is 16.3 Å². The number of pyridine rings is 1. The number of carboxylic acid groups (broad SMARTS) is 1. The van der Waals surface area contributed by atoms with Gasteiger partial charge in [-0.1, -0.05) is 29.8 Å². The van der Waals surface area contributed by atoms with Crippen LogP contribution in [-0.4, -0.2) is 25.7 Å². The molecule has 0 saturated carbocycles. The van der Waals surface area contributed by atoms with Crippen LogP contribution in [-0.2, 0) is 6.61 Å². The molecule has 0 radical (unpaired) electrons. The molecule has 1 N–H and O–H groups in total. The van der Waals surface area contributed by atoms with Crippen molar-refractivity contribution in [2.24, 2.45) is 0 Å². The van der Waals surface area contributed by atoms with Gasteiger partial charge in [-0.05, 0) is 24.3 Å². The van der Waals surface area contributed by atoms with E-state index in [0.717, 1.165) is 0 Å². The van der Waals surface area contributed by atoms with Crippen molar-refractivity contribution in [2.45, 2.75) is 6.61 Å².